The van der Waals surface area contributed by atoms with Gasteiger partial charge >= 0.3 is 5.97 Å². The Morgan fingerprint density at radius 3 is 2.75 bits per heavy atom. The van der Waals surface area contributed by atoms with Crippen LogP contribution in [0.15, 0.2) is 42.6 Å². The Kier molecular flexibility index (Phi) is 4.79. The number of hydrogen-bond donors (Lipinski definition) is 1. The summed E-state index contributed by atoms with van der Waals surface area (Å²) in [7, 11) is 0. The first-order valence-corrected chi connectivity index (χ1v) is 6.45. The second kappa shape index (κ2) is 6.77. The van der Waals surface area contributed by atoms with Gasteiger partial charge in [-0.3, -0.25) is 0 Å². The molecule has 106 valence electrons. The molecular weight excluding hydrogens is 256 g/mol. The predicted molar refractivity (Wildman–Crippen MR) is 76.0 cm³/mol. The summed E-state index contributed by atoms with van der Waals surface area (Å²) in [6, 6.07) is 11.3. The number of ether oxygens (including phenoxy) is 2. The Labute approximate surface area is 117 Å². The van der Waals surface area contributed by atoms with Gasteiger partial charge in [-0.2, -0.15) is 0 Å². The molecule has 0 saturated carbocycles. The van der Waals surface area contributed by atoms with Crippen LogP contribution in [-0.4, -0.2) is 17.3 Å². The summed E-state index contributed by atoms with van der Waals surface area (Å²) in [5.41, 5.74) is 7.68. The minimum Gasteiger partial charge on any atom is -0.434 e. The lowest BCUT2D eigenvalue weighted by Crippen LogP contribution is -2.13. The molecule has 0 unspecified atom stereocenters. The van der Waals surface area contributed by atoms with E-state index in [2.05, 4.69) is 0 Å². The summed E-state index contributed by atoms with van der Waals surface area (Å²) in [5.74, 6) is -0.434. The van der Waals surface area contributed by atoms with E-state index in [1.807, 2.05) is 37.3 Å². The van der Waals surface area contributed by atoms with Crippen LogP contribution in [0.4, 0.5) is 5.69 Å². The number of carbonyl (C=O) groups is 1. The van der Waals surface area contributed by atoms with Crippen molar-refractivity contribution in [3.63, 3.8) is 0 Å². The van der Waals surface area contributed by atoms with Crippen LogP contribution in [-0.2, 0) is 22.6 Å². The van der Waals surface area contributed by atoms with Gasteiger partial charge in [-0.15, -0.1) is 0 Å². The number of rotatable bonds is 6. The van der Waals surface area contributed by atoms with E-state index in [4.69, 9.17) is 15.2 Å². The van der Waals surface area contributed by atoms with E-state index >= 15 is 0 Å². The maximum absolute atomic E-state index is 11.9. The van der Waals surface area contributed by atoms with E-state index < -0.39 is 5.97 Å². The largest absolute Gasteiger partial charge is 0.434 e. The third-order valence-electron chi connectivity index (χ3n) is 2.85. The highest BCUT2D eigenvalue weighted by atomic mass is 16.7. The number of esters is 1. The average molecular weight is 274 g/mol. The Bertz CT molecular complexity index is 564. The van der Waals surface area contributed by atoms with Gasteiger partial charge in [0.15, 0.2) is 6.79 Å². The molecule has 1 aromatic heterocycles. The number of aromatic nitrogens is 1. The number of carbonyl (C=O) groups excluding carboxylic acids is 1. The number of hydrogen-bond acceptors (Lipinski definition) is 4. The van der Waals surface area contributed by atoms with Crippen LogP contribution in [0.25, 0.3) is 0 Å². The second-order valence-electron chi connectivity index (χ2n) is 4.33. The number of anilines is 1. The van der Waals surface area contributed by atoms with Gasteiger partial charge in [-0.05, 0) is 18.6 Å². The molecule has 0 radical (unpaired) electrons. The molecule has 1 heterocycles. The SMILES string of the molecule is CCn1cc(N)cc1C(=O)OCOCc1ccccc1. The van der Waals surface area contributed by atoms with Crippen molar-refractivity contribution in [2.24, 2.45) is 0 Å². The molecule has 0 aliphatic carbocycles. The normalized spacial score (nSPS) is 10.4. The number of aryl methyl sites for hydroxylation is 1. The van der Waals surface area contributed by atoms with E-state index in [0.29, 0.717) is 24.5 Å². The lowest BCUT2D eigenvalue weighted by atomic mass is 10.2. The van der Waals surface area contributed by atoms with E-state index in [1.165, 1.54) is 0 Å². The van der Waals surface area contributed by atoms with Crippen molar-refractivity contribution < 1.29 is 14.3 Å². The summed E-state index contributed by atoms with van der Waals surface area (Å²) in [4.78, 5) is 11.9. The number of nitrogen functional groups attached to an aromatic ring is 1. The lowest BCUT2D eigenvalue weighted by molar-refractivity contribution is -0.0387. The van der Waals surface area contributed by atoms with Crippen LogP contribution < -0.4 is 5.73 Å². The molecule has 1 aromatic carbocycles. The number of nitrogens with zero attached hydrogens (tertiary/aromatic N) is 1. The molecule has 20 heavy (non-hydrogen) atoms. The van der Waals surface area contributed by atoms with Crippen LogP contribution in [0.1, 0.15) is 23.0 Å². The van der Waals surface area contributed by atoms with E-state index in [1.54, 1.807) is 16.8 Å². The van der Waals surface area contributed by atoms with Gasteiger partial charge in [0.05, 0.1) is 12.3 Å². The van der Waals surface area contributed by atoms with Crippen LogP contribution in [0.5, 0.6) is 0 Å². The fraction of sp³-hybridized carbons (Fsp3) is 0.267. The molecule has 2 N–H and O–H groups in total. The fourth-order valence-corrected chi connectivity index (χ4v) is 1.87. The summed E-state index contributed by atoms with van der Waals surface area (Å²) in [5, 5.41) is 0. The van der Waals surface area contributed by atoms with Crippen molar-refractivity contribution in [2.45, 2.75) is 20.1 Å². The molecule has 5 heteroatoms. The Morgan fingerprint density at radius 2 is 2.05 bits per heavy atom. The smallest absolute Gasteiger partial charge is 0.357 e. The zero-order chi connectivity index (χ0) is 14.4. The minimum absolute atomic E-state index is 0.0808. The van der Waals surface area contributed by atoms with Crippen molar-refractivity contribution in [1.82, 2.24) is 4.57 Å². The second-order valence-corrected chi connectivity index (χ2v) is 4.33. The number of benzene rings is 1. The van der Waals surface area contributed by atoms with Gasteiger partial charge in [-0.25, -0.2) is 4.79 Å². The predicted octanol–water partition coefficient (Wildman–Crippen LogP) is 2.42. The van der Waals surface area contributed by atoms with E-state index in [-0.39, 0.29) is 6.79 Å². The van der Waals surface area contributed by atoms with Crippen molar-refractivity contribution in [2.75, 3.05) is 12.5 Å². The highest BCUT2D eigenvalue weighted by Gasteiger charge is 2.13. The first-order chi connectivity index (χ1) is 9.70. The number of nitrogens with two attached hydrogens (primary N) is 1. The van der Waals surface area contributed by atoms with E-state index in [9.17, 15) is 4.79 Å². The monoisotopic (exact) mass is 274 g/mol. The fourth-order valence-electron chi connectivity index (χ4n) is 1.87. The van der Waals surface area contributed by atoms with Gasteiger partial charge < -0.3 is 19.8 Å². The molecule has 0 bridgehead atoms. The van der Waals surface area contributed by atoms with E-state index in [0.717, 1.165) is 5.56 Å². The molecule has 0 fully saturated rings. The van der Waals surface area contributed by atoms with Crippen LogP contribution in [0, 0.1) is 0 Å². The third-order valence-corrected chi connectivity index (χ3v) is 2.85. The molecule has 0 spiro atoms. The molecule has 0 aliphatic heterocycles. The van der Waals surface area contributed by atoms with Gasteiger partial charge in [0.1, 0.15) is 5.69 Å². The van der Waals surface area contributed by atoms with Crippen molar-refractivity contribution in [3.05, 3.63) is 53.9 Å². The summed E-state index contributed by atoms with van der Waals surface area (Å²) in [6.45, 7) is 2.92. The summed E-state index contributed by atoms with van der Waals surface area (Å²) >= 11 is 0. The summed E-state index contributed by atoms with van der Waals surface area (Å²) < 4.78 is 12.1. The maximum Gasteiger partial charge on any atom is 0.357 e. The average Bonchev–Trinajstić information content (AvgIpc) is 2.86. The molecule has 0 aliphatic rings. The van der Waals surface area contributed by atoms with Gasteiger partial charge in [0.2, 0.25) is 0 Å². The highest BCUT2D eigenvalue weighted by molar-refractivity contribution is 5.89. The Morgan fingerprint density at radius 1 is 1.30 bits per heavy atom. The van der Waals surface area contributed by atoms with Crippen molar-refractivity contribution in [1.29, 1.82) is 0 Å². The quantitative estimate of drug-likeness (QED) is 0.499. The minimum atomic E-state index is -0.434. The first-order valence-electron chi connectivity index (χ1n) is 6.45. The van der Waals surface area contributed by atoms with Crippen molar-refractivity contribution in [3.8, 4) is 0 Å². The molecule has 0 amide bonds. The third kappa shape index (κ3) is 3.61. The van der Waals surface area contributed by atoms with Crippen molar-refractivity contribution >= 4 is 11.7 Å². The Hall–Kier alpha value is -2.27. The molecule has 2 rings (SSSR count). The maximum atomic E-state index is 11.9. The zero-order valence-corrected chi connectivity index (χ0v) is 11.4. The van der Waals surface area contributed by atoms with Crippen LogP contribution in [0.3, 0.4) is 0 Å². The first kappa shape index (κ1) is 14.1. The lowest BCUT2D eigenvalue weighted by Gasteiger charge is -2.07. The topological polar surface area (TPSA) is 66.5 Å². The molecule has 2 aromatic rings. The molecule has 5 nitrogen and oxygen atoms in total. The highest BCUT2D eigenvalue weighted by Crippen LogP contribution is 2.12. The van der Waals surface area contributed by atoms with Crippen LogP contribution in [0.2, 0.25) is 0 Å². The molecule has 0 saturated heterocycles. The van der Waals surface area contributed by atoms with Gasteiger partial charge in [0, 0.05) is 12.7 Å². The van der Waals surface area contributed by atoms with Gasteiger partial charge in [0.25, 0.3) is 0 Å². The molecular formula is C15H18N2O3. The summed E-state index contributed by atoms with van der Waals surface area (Å²) in [6.07, 6.45) is 1.71. The Balaban J connectivity index is 1.80. The molecule has 0 atom stereocenters. The van der Waals surface area contributed by atoms with Gasteiger partial charge in [-0.1, -0.05) is 30.3 Å². The van der Waals surface area contributed by atoms with Crippen LogP contribution >= 0.6 is 0 Å². The zero-order valence-electron chi connectivity index (χ0n) is 11.4. The standard InChI is InChI=1S/C15H18N2O3/c1-2-17-9-13(16)8-14(17)15(18)20-11-19-10-12-6-4-3-5-7-12/h3-9H,2,10-11,16H2,1H3.